The maximum absolute atomic E-state index is 12.4. The van der Waals surface area contributed by atoms with Crippen LogP contribution in [-0.4, -0.2) is 42.6 Å². The van der Waals surface area contributed by atoms with E-state index in [1.54, 1.807) is 24.3 Å². The third kappa shape index (κ3) is 6.09. The van der Waals surface area contributed by atoms with Crippen molar-refractivity contribution in [3.63, 3.8) is 0 Å². The number of hydrogen-bond acceptors (Lipinski definition) is 4. The smallest absolute Gasteiger partial charge is 0.316 e. The number of morpholine rings is 1. The monoisotopic (exact) mass is 368 g/mol. The third-order valence-corrected chi connectivity index (χ3v) is 4.30. The maximum Gasteiger partial charge on any atom is 0.316 e. The molecule has 2 aromatic carbocycles. The summed E-state index contributed by atoms with van der Waals surface area (Å²) in [6.45, 7) is 3.03. The van der Waals surface area contributed by atoms with Crippen molar-refractivity contribution >= 4 is 23.3 Å². The van der Waals surface area contributed by atoms with Gasteiger partial charge >= 0.3 is 6.03 Å². The Bertz CT molecular complexity index is 782. The molecule has 3 rings (SSSR count). The topological polar surface area (TPSA) is 96.7 Å². The summed E-state index contributed by atoms with van der Waals surface area (Å²) >= 11 is 0. The molecular weight excluding hydrogens is 344 g/mol. The van der Waals surface area contributed by atoms with E-state index in [0.717, 1.165) is 13.1 Å². The molecule has 7 heteroatoms. The molecule has 4 N–H and O–H groups in total. The van der Waals surface area contributed by atoms with Crippen LogP contribution in [-0.2, 0) is 16.1 Å². The van der Waals surface area contributed by atoms with Crippen molar-refractivity contribution in [2.24, 2.45) is 5.73 Å². The van der Waals surface area contributed by atoms with Crippen LogP contribution in [0.15, 0.2) is 54.6 Å². The summed E-state index contributed by atoms with van der Waals surface area (Å²) in [5.41, 5.74) is 7.49. The van der Waals surface area contributed by atoms with E-state index < -0.39 is 6.03 Å². The number of carbonyl (C=O) groups excluding carboxylic acids is 2. The van der Waals surface area contributed by atoms with Crippen molar-refractivity contribution < 1.29 is 14.3 Å². The number of nitrogens with one attached hydrogen (secondary N) is 2. The molecule has 0 bridgehead atoms. The van der Waals surface area contributed by atoms with Crippen molar-refractivity contribution in [1.29, 1.82) is 0 Å². The second-order valence-electron chi connectivity index (χ2n) is 6.54. The van der Waals surface area contributed by atoms with Gasteiger partial charge < -0.3 is 21.1 Å². The average molecular weight is 368 g/mol. The first-order chi connectivity index (χ1) is 13.1. The Balaban J connectivity index is 1.51. The minimum Gasteiger partial charge on any atom is -0.375 e. The van der Waals surface area contributed by atoms with Gasteiger partial charge in [-0.25, -0.2) is 4.79 Å². The summed E-state index contributed by atoms with van der Waals surface area (Å²) in [7, 11) is 0. The van der Waals surface area contributed by atoms with Gasteiger partial charge in [-0.05, 0) is 23.8 Å². The van der Waals surface area contributed by atoms with E-state index >= 15 is 0 Å². The molecule has 0 radical (unpaired) electrons. The summed E-state index contributed by atoms with van der Waals surface area (Å²) in [5.74, 6) is -0.127. The number of urea groups is 1. The van der Waals surface area contributed by atoms with Crippen LogP contribution < -0.4 is 16.4 Å². The van der Waals surface area contributed by atoms with Gasteiger partial charge in [0, 0.05) is 31.0 Å². The van der Waals surface area contributed by atoms with Crippen LogP contribution >= 0.6 is 0 Å². The Morgan fingerprint density at radius 3 is 2.56 bits per heavy atom. The Labute approximate surface area is 158 Å². The van der Waals surface area contributed by atoms with Gasteiger partial charge in [0.15, 0.2) is 0 Å². The lowest BCUT2D eigenvalue weighted by molar-refractivity contribution is -0.121. The number of primary amides is 1. The molecule has 7 nitrogen and oxygen atoms in total. The fourth-order valence-corrected chi connectivity index (χ4v) is 3.12. The normalized spacial score (nSPS) is 17.3. The van der Waals surface area contributed by atoms with Gasteiger partial charge in [-0.2, -0.15) is 0 Å². The molecule has 1 aliphatic heterocycles. The molecule has 0 saturated carbocycles. The van der Waals surface area contributed by atoms with Crippen molar-refractivity contribution in [3.05, 3.63) is 60.2 Å². The lowest BCUT2D eigenvalue weighted by atomic mass is 10.1. The fourth-order valence-electron chi connectivity index (χ4n) is 3.12. The molecule has 2 aromatic rings. The highest BCUT2D eigenvalue weighted by Crippen LogP contribution is 2.17. The third-order valence-electron chi connectivity index (χ3n) is 4.30. The van der Waals surface area contributed by atoms with Crippen LogP contribution in [0.2, 0.25) is 0 Å². The molecular formula is C20H24N4O3. The Morgan fingerprint density at radius 2 is 1.81 bits per heavy atom. The summed E-state index contributed by atoms with van der Waals surface area (Å²) in [5, 5.41) is 5.32. The average Bonchev–Trinajstić information content (AvgIpc) is 2.62. The van der Waals surface area contributed by atoms with Crippen LogP contribution in [0.3, 0.4) is 0 Å². The summed E-state index contributed by atoms with van der Waals surface area (Å²) in [6, 6.07) is 16.5. The van der Waals surface area contributed by atoms with Crippen molar-refractivity contribution in [2.75, 3.05) is 30.3 Å². The lowest BCUT2D eigenvalue weighted by Gasteiger charge is -2.32. The summed E-state index contributed by atoms with van der Waals surface area (Å²) in [6.07, 6.45) is 0.132. The standard InChI is InChI=1S/C20H24N4O3/c21-20(26)23-17-8-4-7-16(11-17)22-19(25)12-18-14-24(9-10-27-18)13-15-5-2-1-3-6-15/h1-8,11,18H,9-10,12-14H2,(H,22,25)(H3,21,23,26). The number of amides is 3. The van der Waals surface area contributed by atoms with Crippen LogP contribution in [0, 0.1) is 0 Å². The zero-order valence-corrected chi connectivity index (χ0v) is 15.1. The van der Waals surface area contributed by atoms with Crippen LogP contribution in [0.5, 0.6) is 0 Å². The van der Waals surface area contributed by atoms with Gasteiger partial charge in [-0.3, -0.25) is 9.69 Å². The predicted octanol–water partition coefficient (Wildman–Crippen LogP) is 2.41. The lowest BCUT2D eigenvalue weighted by Crippen LogP contribution is -2.43. The minimum atomic E-state index is -0.646. The number of anilines is 2. The van der Waals surface area contributed by atoms with E-state index in [2.05, 4.69) is 27.7 Å². The highest BCUT2D eigenvalue weighted by molar-refractivity contribution is 5.93. The molecule has 0 aromatic heterocycles. The van der Waals surface area contributed by atoms with E-state index in [-0.39, 0.29) is 18.4 Å². The number of nitrogens with zero attached hydrogens (tertiary/aromatic N) is 1. The Morgan fingerprint density at radius 1 is 1.07 bits per heavy atom. The van der Waals surface area contributed by atoms with Gasteiger partial charge in [0.1, 0.15) is 0 Å². The first-order valence-electron chi connectivity index (χ1n) is 8.93. The molecule has 1 aliphatic rings. The molecule has 0 aliphatic carbocycles. The molecule has 1 atom stereocenters. The van der Waals surface area contributed by atoms with Crippen LogP contribution in [0.25, 0.3) is 0 Å². The van der Waals surface area contributed by atoms with Crippen molar-refractivity contribution in [1.82, 2.24) is 4.90 Å². The Hall–Kier alpha value is -2.90. The molecule has 142 valence electrons. The second-order valence-corrected chi connectivity index (χ2v) is 6.54. The molecule has 1 unspecified atom stereocenters. The van der Waals surface area contributed by atoms with E-state index in [9.17, 15) is 9.59 Å². The number of rotatable bonds is 6. The number of ether oxygens (including phenoxy) is 1. The number of nitrogens with two attached hydrogens (primary N) is 1. The molecule has 1 saturated heterocycles. The maximum atomic E-state index is 12.4. The van der Waals surface area contributed by atoms with Crippen LogP contribution in [0.4, 0.5) is 16.2 Å². The molecule has 1 heterocycles. The van der Waals surface area contributed by atoms with E-state index in [1.807, 2.05) is 18.2 Å². The van der Waals surface area contributed by atoms with Crippen LogP contribution in [0.1, 0.15) is 12.0 Å². The second kappa shape index (κ2) is 9.16. The van der Waals surface area contributed by atoms with Gasteiger partial charge in [0.2, 0.25) is 5.91 Å². The molecule has 27 heavy (non-hydrogen) atoms. The summed E-state index contributed by atoms with van der Waals surface area (Å²) in [4.78, 5) is 25.6. The minimum absolute atomic E-state index is 0.127. The SMILES string of the molecule is NC(=O)Nc1cccc(NC(=O)CC2CN(Cc3ccccc3)CCO2)c1. The number of benzene rings is 2. The first kappa shape index (κ1) is 18.9. The first-order valence-corrected chi connectivity index (χ1v) is 8.93. The molecule has 0 spiro atoms. The summed E-state index contributed by atoms with van der Waals surface area (Å²) < 4.78 is 5.75. The highest BCUT2D eigenvalue weighted by Gasteiger charge is 2.23. The quantitative estimate of drug-likeness (QED) is 0.729. The predicted molar refractivity (Wildman–Crippen MR) is 104 cm³/mol. The van der Waals surface area contributed by atoms with Gasteiger partial charge in [-0.1, -0.05) is 36.4 Å². The van der Waals surface area contributed by atoms with Gasteiger partial charge in [0.05, 0.1) is 19.1 Å². The fraction of sp³-hybridized carbons (Fsp3) is 0.300. The highest BCUT2D eigenvalue weighted by atomic mass is 16.5. The van der Waals surface area contributed by atoms with Gasteiger partial charge in [0.25, 0.3) is 0 Å². The number of carbonyl (C=O) groups is 2. The van der Waals surface area contributed by atoms with E-state index in [0.29, 0.717) is 24.5 Å². The number of hydrogen-bond donors (Lipinski definition) is 3. The Kier molecular flexibility index (Phi) is 6.40. The largest absolute Gasteiger partial charge is 0.375 e. The zero-order valence-electron chi connectivity index (χ0n) is 15.1. The van der Waals surface area contributed by atoms with E-state index in [4.69, 9.17) is 10.5 Å². The van der Waals surface area contributed by atoms with Crippen molar-refractivity contribution in [2.45, 2.75) is 19.1 Å². The molecule has 3 amide bonds. The van der Waals surface area contributed by atoms with Gasteiger partial charge in [-0.15, -0.1) is 0 Å². The molecule has 1 fully saturated rings. The van der Waals surface area contributed by atoms with E-state index in [1.165, 1.54) is 5.56 Å². The zero-order chi connectivity index (χ0) is 19.1. The van der Waals surface area contributed by atoms with Crippen molar-refractivity contribution in [3.8, 4) is 0 Å².